The van der Waals surface area contributed by atoms with Gasteiger partial charge in [-0.3, -0.25) is 0 Å². The number of rotatable bonds is 3. The Hall–Kier alpha value is -1.88. The summed E-state index contributed by atoms with van der Waals surface area (Å²) >= 11 is 5.77. The van der Waals surface area contributed by atoms with Crippen molar-refractivity contribution in [1.29, 1.82) is 0 Å². The van der Waals surface area contributed by atoms with Crippen LogP contribution in [0.4, 0.5) is 0 Å². The first-order chi connectivity index (χ1) is 8.20. The Labute approximate surface area is 103 Å². The summed E-state index contributed by atoms with van der Waals surface area (Å²) in [6.45, 7) is 2.05. The van der Waals surface area contributed by atoms with Crippen molar-refractivity contribution in [1.82, 2.24) is 15.0 Å². The van der Waals surface area contributed by atoms with Crippen LogP contribution in [-0.4, -0.2) is 27.6 Å². The molecule has 1 aromatic heterocycles. The Morgan fingerprint density at radius 3 is 2.76 bits per heavy atom. The fourth-order valence-electron chi connectivity index (χ4n) is 1.26. The third kappa shape index (κ3) is 2.62. The Kier molecular flexibility index (Phi) is 3.39. The average Bonchev–Trinajstić information content (AvgIpc) is 2.80. The quantitative estimate of drug-likeness (QED) is 0.784. The van der Waals surface area contributed by atoms with E-state index in [1.54, 1.807) is 31.2 Å². The Morgan fingerprint density at radius 2 is 2.12 bits per heavy atom. The Balaban J connectivity index is 2.23. The average molecular weight is 252 g/mol. The van der Waals surface area contributed by atoms with Gasteiger partial charge in [-0.1, -0.05) is 11.6 Å². The van der Waals surface area contributed by atoms with Crippen LogP contribution in [0.15, 0.2) is 30.5 Å². The topological polar surface area (TPSA) is 57.0 Å². The summed E-state index contributed by atoms with van der Waals surface area (Å²) < 4.78 is 4.82. The molecular formula is C11H10ClN3O2. The minimum atomic E-state index is -0.479. The Morgan fingerprint density at radius 1 is 1.41 bits per heavy atom. The van der Waals surface area contributed by atoms with E-state index in [2.05, 4.69) is 10.2 Å². The molecule has 0 fully saturated rings. The molecule has 2 aromatic rings. The van der Waals surface area contributed by atoms with E-state index in [1.807, 2.05) is 0 Å². The predicted octanol–water partition coefficient (Wildman–Crippen LogP) is 2.10. The molecule has 0 aliphatic carbocycles. The fourth-order valence-corrected chi connectivity index (χ4v) is 1.39. The zero-order chi connectivity index (χ0) is 12.3. The molecule has 0 aliphatic rings. The molecule has 5 nitrogen and oxygen atoms in total. The zero-order valence-electron chi connectivity index (χ0n) is 9.13. The van der Waals surface area contributed by atoms with Crippen molar-refractivity contribution in [3.63, 3.8) is 0 Å². The molecule has 0 radical (unpaired) electrons. The predicted molar refractivity (Wildman–Crippen MR) is 62.3 cm³/mol. The van der Waals surface area contributed by atoms with Crippen LogP contribution in [0.2, 0.25) is 5.02 Å². The molecule has 0 N–H and O–H groups in total. The van der Waals surface area contributed by atoms with Crippen LogP contribution in [0.3, 0.4) is 0 Å². The third-order valence-corrected chi connectivity index (χ3v) is 2.29. The molecule has 0 bridgehead atoms. The number of halogens is 1. The molecule has 17 heavy (non-hydrogen) atoms. The lowest BCUT2D eigenvalue weighted by Gasteiger charge is -1.99. The lowest BCUT2D eigenvalue weighted by atomic mass is 10.3. The van der Waals surface area contributed by atoms with Crippen LogP contribution in [0.1, 0.15) is 17.4 Å². The molecule has 6 heteroatoms. The van der Waals surface area contributed by atoms with Crippen LogP contribution in [-0.2, 0) is 4.74 Å². The summed E-state index contributed by atoms with van der Waals surface area (Å²) in [5.41, 5.74) is 0.909. The highest BCUT2D eigenvalue weighted by Crippen LogP contribution is 2.12. The molecule has 2 rings (SSSR count). The number of ether oxygens (including phenoxy) is 1. The second-order valence-electron chi connectivity index (χ2n) is 3.22. The highest BCUT2D eigenvalue weighted by atomic mass is 35.5. The van der Waals surface area contributed by atoms with Gasteiger partial charge in [0.2, 0.25) is 0 Å². The van der Waals surface area contributed by atoms with Crippen LogP contribution in [0.25, 0.3) is 5.69 Å². The highest BCUT2D eigenvalue weighted by molar-refractivity contribution is 6.30. The van der Waals surface area contributed by atoms with E-state index < -0.39 is 5.97 Å². The number of benzene rings is 1. The van der Waals surface area contributed by atoms with E-state index in [-0.39, 0.29) is 5.69 Å². The van der Waals surface area contributed by atoms with Gasteiger partial charge >= 0.3 is 5.97 Å². The summed E-state index contributed by atoms with van der Waals surface area (Å²) in [5, 5.41) is 8.63. The van der Waals surface area contributed by atoms with Gasteiger partial charge in [-0.2, -0.15) is 9.90 Å². The Bertz CT molecular complexity index is 522. The molecule has 0 spiro atoms. The molecule has 0 saturated heterocycles. The molecular weight excluding hydrogens is 242 g/mol. The second kappa shape index (κ2) is 4.97. The normalized spacial score (nSPS) is 10.2. The zero-order valence-corrected chi connectivity index (χ0v) is 9.89. The standard InChI is InChI=1S/C11H10ClN3O2/c1-2-17-11(16)10-7-13-15(14-10)9-5-3-8(12)4-6-9/h3-7H,2H2,1H3. The van der Waals surface area contributed by atoms with Gasteiger partial charge < -0.3 is 4.74 Å². The molecule has 0 unspecified atom stereocenters. The molecule has 1 heterocycles. The van der Waals surface area contributed by atoms with E-state index in [9.17, 15) is 4.79 Å². The SMILES string of the molecule is CCOC(=O)c1cnn(-c2ccc(Cl)cc2)n1. The summed E-state index contributed by atoms with van der Waals surface area (Å²) in [7, 11) is 0. The van der Waals surface area contributed by atoms with E-state index in [1.165, 1.54) is 11.0 Å². The van der Waals surface area contributed by atoms with E-state index >= 15 is 0 Å². The smallest absolute Gasteiger partial charge is 0.360 e. The number of aromatic nitrogens is 3. The molecule has 1 aromatic carbocycles. The fraction of sp³-hybridized carbons (Fsp3) is 0.182. The summed E-state index contributed by atoms with van der Waals surface area (Å²) in [5.74, 6) is -0.479. The largest absolute Gasteiger partial charge is 0.461 e. The highest BCUT2D eigenvalue weighted by Gasteiger charge is 2.11. The van der Waals surface area contributed by atoms with E-state index in [0.717, 1.165) is 5.69 Å². The van der Waals surface area contributed by atoms with Crippen molar-refractivity contribution >= 4 is 17.6 Å². The van der Waals surface area contributed by atoms with Gasteiger partial charge in [0, 0.05) is 5.02 Å². The van der Waals surface area contributed by atoms with Crippen LogP contribution >= 0.6 is 11.6 Å². The first-order valence-electron chi connectivity index (χ1n) is 5.06. The molecule has 0 aliphatic heterocycles. The van der Waals surface area contributed by atoms with Crippen LogP contribution in [0.5, 0.6) is 0 Å². The monoisotopic (exact) mass is 251 g/mol. The number of carbonyl (C=O) groups is 1. The number of hydrogen-bond donors (Lipinski definition) is 0. The molecule has 0 saturated carbocycles. The van der Waals surface area contributed by atoms with Crippen molar-refractivity contribution in [2.45, 2.75) is 6.92 Å². The van der Waals surface area contributed by atoms with Gasteiger partial charge in [0.25, 0.3) is 0 Å². The number of carbonyl (C=O) groups excluding carboxylic acids is 1. The van der Waals surface area contributed by atoms with Gasteiger partial charge in [0.05, 0.1) is 18.5 Å². The number of esters is 1. The summed E-state index contributed by atoms with van der Waals surface area (Å²) in [6, 6.07) is 6.98. The lowest BCUT2D eigenvalue weighted by molar-refractivity contribution is 0.0519. The third-order valence-electron chi connectivity index (χ3n) is 2.03. The van der Waals surface area contributed by atoms with E-state index in [0.29, 0.717) is 11.6 Å². The summed E-state index contributed by atoms with van der Waals surface area (Å²) in [6.07, 6.45) is 1.37. The number of nitrogens with zero attached hydrogens (tertiary/aromatic N) is 3. The van der Waals surface area contributed by atoms with Crippen molar-refractivity contribution < 1.29 is 9.53 Å². The van der Waals surface area contributed by atoms with E-state index in [4.69, 9.17) is 16.3 Å². The van der Waals surface area contributed by atoms with Crippen LogP contribution < -0.4 is 0 Å². The van der Waals surface area contributed by atoms with Gasteiger partial charge in [0.1, 0.15) is 0 Å². The minimum Gasteiger partial charge on any atom is -0.461 e. The maximum absolute atomic E-state index is 11.4. The van der Waals surface area contributed by atoms with Gasteiger partial charge in [-0.15, -0.1) is 5.10 Å². The van der Waals surface area contributed by atoms with Gasteiger partial charge in [0.15, 0.2) is 5.69 Å². The van der Waals surface area contributed by atoms with Crippen molar-refractivity contribution in [3.05, 3.63) is 41.2 Å². The molecule has 88 valence electrons. The lowest BCUT2D eigenvalue weighted by Crippen LogP contribution is -2.06. The molecule has 0 amide bonds. The van der Waals surface area contributed by atoms with Gasteiger partial charge in [-0.05, 0) is 31.2 Å². The van der Waals surface area contributed by atoms with Gasteiger partial charge in [-0.25, -0.2) is 4.79 Å². The minimum absolute atomic E-state index is 0.182. The van der Waals surface area contributed by atoms with Crippen molar-refractivity contribution in [3.8, 4) is 5.69 Å². The maximum Gasteiger partial charge on any atom is 0.360 e. The first kappa shape index (κ1) is 11.6. The number of hydrogen-bond acceptors (Lipinski definition) is 4. The second-order valence-corrected chi connectivity index (χ2v) is 3.65. The molecule has 0 atom stereocenters. The van der Waals surface area contributed by atoms with Crippen molar-refractivity contribution in [2.24, 2.45) is 0 Å². The summed E-state index contributed by atoms with van der Waals surface area (Å²) in [4.78, 5) is 12.7. The first-order valence-corrected chi connectivity index (χ1v) is 5.44. The maximum atomic E-state index is 11.4. The van der Waals surface area contributed by atoms with Crippen LogP contribution in [0, 0.1) is 0 Å². The van der Waals surface area contributed by atoms with Crippen molar-refractivity contribution in [2.75, 3.05) is 6.61 Å².